The molecule has 4 aromatic rings. The second-order valence-electron chi connectivity index (χ2n) is 5.65. The summed E-state index contributed by atoms with van der Waals surface area (Å²) in [6.45, 7) is -0.672. The fraction of sp³-hybridized carbons (Fsp3) is 0.105. The second kappa shape index (κ2) is 4.91. The summed E-state index contributed by atoms with van der Waals surface area (Å²) in [6.07, 6.45) is 0. The Bertz CT molecular complexity index is 1120. The van der Waals surface area contributed by atoms with Gasteiger partial charge in [-0.3, -0.25) is 4.79 Å². The Balaban J connectivity index is 2.44. The normalized spacial score (nSPS) is 11.7. The highest BCUT2D eigenvalue weighted by Crippen LogP contribution is 2.41. The van der Waals surface area contributed by atoms with Crippen molar-refractivity contribution in [3.63, 3.8) is 0 Å². The predicted octanol–water partition coefficient (Wildman–Crippen LogP) is 2.63. The van der Waals surface area contributed by atoms with E-state index in [1.807, 2.05) is 24.3 Å². The Morgan fingerprint density at radius 3 is 2.13 bits per heavy atom. The van der Waals surface area contributed by atoms with Crippen LogP contribution in [0.15, 0.2) is 47.3 Å². The standard InChI is InChI=1S/C19H14O4/c20-8-11-4-2-6-14-13-5-1-3-10-7-12(9-21)19(23)17(15(10)13)16(14)18(11)22/h1-7,20-22H,8-9H2. The summed E-state index contributed by atoms with van der Waals surface area (Å²) >= 11 is 0. The molecule has 23 heavy (non-hydrogen) atoms. The van der Waals surface area contributed by atoms with Gasteiger partial charge < -0.3 is 15.3 Å². The SMILES string of the molecule is O=c1c(CO)cc2cccc3c4cccc(CO)c(O)c4c1c23. The van der Waals surface area contributed by atoms with Crippen LogP contribution in [-0.2, 0) is 13.2 Å². The van der Waals surface area contributed by atoms with Gasteiger partial charge in [-0.05, 0) is 22.2 Å². The van der Waals surface area contributed by atoms with Crippen molar-refractivity contribution in [2.24, 2.45) is 0 Å². The molecule has 4 aromatic carbocycles. The number of hydrogen-bond donors (Lipinski definition) is 3. The Morgan fingerprint density at radius 2 is 1.43 bits per heavy atom. The molecule has 4 nitrogen and oxygen atoms in total. The van der Waals surface area contributed by atoms with Crippen molar-refractivity contribution in [2.45, 2.75) is 13.2 Å². The zero-order chi connectivity index (χ0) is 16.1. The zero-order valence-corrected chi connectivity index (χ0v) is 12.2. The largest absolute Gasteiger partial charge is 0.507 e. The van der Waals surface area contributed by atoms with Crippen LogP contribution >= 0.6 is 0 Å². The van der Waals surface area contributed by atoms with E-state index in [2.05, 4.69) is 0 Å². The van der Waals surface area contributed by atoms with Gasteiger partial charge in [-0.25, -0.2) is 0 Å². The van der Waals surface area contributed by atoms with Crippen LogP contribution in [-0.4, -0.2) is 15.3 Å². The van der Waals surface area contributed by atoms with Crippen LogP contribution in [0.2, 0.25) is 0 Å². The number of hydrogen-bond acceptors (Lipinski definition) is 4. The average molecular weight is 306 g/mol. The molecular formula is C19H14O4. The van der Waals surface area contributed by atoms with Gasteiger partial charge in [0.15, 0.2) is 5.43 Å². The third-order valence-corrected chi connectivity index (χ3v) is 4.45. The number of benzene rings is 2. The van der Waals surface area contributed by atoms with Crippen molar-refractivity contribution >= 4 is 32.3 Å². The number of aromatic hydroxyl groups is 1. The first-order valence-corrected chi connectivity index (χ1v) is 7.33. The van der Waals surface area contributed by atoms with Gasteiger partial charge in [-0.2, -0.15) is 0 Å². The molecule has 0 amide bonds. The minimum Gasteiger partial charge on any atom is -0.507 e. The molecule has 0 atom stereocenters. The highest BCUT2D eigenvalue weighted by atomic mass is 16.3. The van der Waals surface area contributed by atoms with Crippen molar-refractivity contribution in [2.75, 3.05) is 0 Å². The Labute approximate surface area is 131 Å². The molecule has 0 heterocycles. The monoisotopic (exact) mass is 306 g/mol. The summed E-state index contributed by atoms with van der Waals surface area (Å²) in [4.78, 5) is 12.8. The quantitative estimate of drug-likeness (QED) is 0.532. The number of aliphatic hydroxyl groups excluding tert-OH is 2. The maximum atomic E-state index is 12.8. The van der Waals surface area contributed by atoms with Crippen LogP contribution in [0.1, 0.15) is 11.1 Å². The van der Waals surface area contributed by atoms with E-state index in [1.54, 1.807) is 18.2 Å². The summed E-state index contributed by atoms with van der Waals surface area (Å²) in [7, 11) is 0. The van der Waals surface area contributed by atoms with Crippen molar-refractivity contribution in [1.82, 2.24) is 0 Å². The van der Waals surface area contributed by atoms with E-state index in [0.717, 1.165) is 21.5 Å². The van der Waals surface area contributed by atoms with Crippen LogP contribution in [0.3, 0.4) is 0 Å². The Morgan fingerprint density at radius 1 is 0.783 bits per heavy atom. The lowest BCUT2D eigenvalue weighted by molar-refractivity contribution is 0.276. The number of aliphatic hydroxyl groups is 2. The lowest BCUT2D eigenvalue weighted by atomic mass is 10.0. The molecule has 0 saturated heterocycles. The second-order valence-corrected chi connectivity index (χ2v) is 5.65. The molecule has 0 aromatic heterocycles. The van der Waals surface area contributed by atoms with E-state index in [4.69, 9.17) is 0 Å². The van der Waals surface area contributed by atoms with Gasteiger partial charge in [-0.15, -0.1) is 0 Å². The van der Waals surface area contributed by atoms with Gasteiger partial charge in [0.1, 0.15) is 5.75 Å². The zero-order valence-electron chi connectivity index (χ0n) is 12.2. The molecule has 0 bridgehead atoms. The highest BCUT2D eigenvalue weighted by molar-refractivity contribution is 6.31. The van der Waals surface area contributed by atoms with Gasteiger partial charge in [-0.1, -0.05) is 36.4 Å². The average Bonchev–Trinajstić information content (AvgIpc) is 2.81. The topological polar surface area (TPSA) is 77.8 Å². The van der Waals surface area contributed by atoms with E-state index in [0.29, 0.717) is 21.9 Å². The molecule has 0 aliphatic heterocycles. The number of fused-ring (bicyclic) bond motifs is 3. The Hall–Kier alpha value is -2.69. The first-order chi connectivity index (χ1) is 11.2. The first kappa shape index (κ1) is 13.9. The highest BCUT2D eigenvalue weighted by Gasteiger charge is 2.19. The lowest BCUT2D eigenvalue weighted by Gasteiger charge is -2.02. The molecule has 4 rings (SSSR count). The van der Waals surface area contributed by atoms with Gasteiger partial charge in [0.05, 0.1) is 13.2 Å². The summed E-state index contributed by atoms with van der Waals surface area (Å²) in [6, 6.07) is 12.6. The predicted molar refractivity (Wildman–Crippen MR) is 89.9 cm³/mol. The van der Waals surface area contributed by atoms with Gasteiger partial charge >= 0.3 is 0 Å². The van der Waals surface area contributed by atoms with Crippen molar-refractivity contribution in [3.8, 4) is 5.75 Å². The molecule has 0 spiro atoms. The van der Waals surface area contributed by atoms with Crippen molar-refractivity contribution in [1.29, 1.82) is 0 Å². The van der Waals surface area contributed by atoms with Crippen LogP contribution < -0.4 is 5.43 Å². The lowest BCUT2D eigenvalue weighted by Crippen LogP contribution is -2.08. The van der Waals surface area contributed by atoms with Gasteiger partial charge in [0, 0.05) is 27.3 Å². The van der Waals surface area contributed by atoms with Crippen molar-refractivity contribution in [3.05, 3.63) is 63.8 Å². The maximum Gasteiger partial charge on any atom is 0.192 e. The fourth-order valence-electron chi connectivity index (χ4n) is 3.39. The molecule has 3 N–H and O–H groups in total. The molecule has 114 valence electrons. The fourth-order valence-corrected chi connectivity index (χ4v) is 3.39. The minimum atomic E-state index is -0.353. The molecule has 0 fully saturated rings. The molecule has 0 radical (unpaired) electrons. The smallest absolute Gasteiger partial charge is 0.192 e. The van der Waals surface area contributed by atoms with Crippen molar-refractivity contribution < 1.29 is 15.3 Å². The molecular weight excluding hydrogens is 292 g/mol. The molecule has 0 aliphatic carbocycles. The van der Waals surface area contributed by atoms with E-state index < -0.39 is 0 Å². The summed E-state index contributed by atoms with van der Waals surface area (Å²) in [5.74, 6) is -0.0859. The third kappa shape index (κ3) is 1.76. The van der Waals surface area contributed by atoms with Crippen LogP contribution in [0.25, 0.3) is 32.3 Å². The van der Waals surface area contributed by atoms with Gasteiger partial charge in [0.2, 0.25) is 0 Å². The molecule has 0 unspecified atom stereocenters. The summed E-state index contributed by atoms with van der Waals surface area (Å²) in [5.41, 5.74) is 0.381. The van der Waals surface area contributed by atoms with E-state index in [-0.39, 0.29) is 24.4 Å². The van der Waals surface area contributed by atoms with E-state index in [9.17, 15) is 20.1 Å². The number of rotatable bonds is 2. The summed E-state index contributed by atoms with van der Waals surface area (Å²) < 4.78 is 0. The maximum absolute atomic E-state index is 12.8. The molecule has 4 heteroatoms. The Kier molecular flexibility index (Phi) is 2.98. The van der Waals surface area contributed by atoms with E-state index >= 15 is 0 Å². The summed E-state index contributed by atoms with van der Waals surface area (Å²) in [5, 5.41) is 33.7. The third-order valence-electron chi connectivity index (χ3n) is 4.45. The molecule has 0 saturated carbocycles. The molecule has 0 aliphatic rings. The first-order valence-electron chi connectivity index (χ1n) is 7.33. The van der Waals surface area contributed by atoms with Crippen LogP contribution in [0, 0.1) is 0 Å². The minimum absolute atomic E-state index is 0.0859. The van der Waals surface area contributed by atoms with Gasteiger partial charge in [0.25, 0.3) is 0 Å². The van der Waals surface area contributed by atoms with Crippen LogP contribution in [0.5, 0.6) is 5.75 Å². The van der Waals surface area contributed by atoms with E-state index in [1.165, 1.54) is 0 Å². The van der Waals surface area contributed by atoms with Crippen LogP contribution in [0.4, 0.5) is 0 Å².